The summed E-state index contributed by atoms with van der Waals surface area (Å²) in [6, 6.07) is 26.7. The first-order chi connectivity index (χ1) is 16.5. The second kappa shape index (κ2) is 11.3. The Kier molecular flexibility index (Phi) is 7.98. The molecule has 1 aliphatic heterocycles. The van der Waals surface area contributed by atoms with E-state index in [4.69, 9.17) is 4.74 Å². The molecule has 34 heavy (non-hydrogen) atoms. The van der Waals surface area contributed by atoms with Crippen molar-refractivity contribution in [2.75, 3.05) is 24.2 Å². The highest BCUT2D eigenvalue weighted by Crippen LogP contribution is 2.25. The number of hydrogen-bond acceptors (Lipinski definition) is 4. The van der Waals surface area contributed by atoms with Gasteiger partial charge in [0.15, 0.2) is 0 Å². The van der Waals surface area contributed by atoms with Crippen LogP contribution >= 0.6 is 0 Å². The third-order valence-corrected chi connectivity index (χ3v) is 7.99. The van der Waals surface area contributed by atoms with Gasteiger partial charge in [0.2, 0.25) is 15.9 Å². The van der Waals surface area contributed by atoms with E-state index in [-0.39, 0.29) is 17.6 Å². The third-order valence-electron chi connectivity index (χ3n) is 6.03. The molecule has 4 rings (SSSR count). The molecule has 1 heterocycles. The van der Waals surface area contributed by atoms with Crippen LogP contribution in [0.25, 0.3) is 0 Å². The molecule has 0 atom stereocenters. The molecule has 6 nitrogen and oxygen atoms in total. The smallest absolute Gasteiger partial charge is 0.227 e. The van der Waals surface area contributed by atoms with Crippen LogP contribution in [0.15, 0.2) is 84.9 Å². The maximum Gasteiger partial charge on any atom is 0.227 e. The van der Waals surface area contributed by atoms with Crippen LogP contribution < -0.4 is 10.1 Å². The van der Waals surface area contributed by atoms with Crippen LogP contribution in [0.4, 0.5) is 5.69 Å². The average molecular weight is 479 g/mol. The molecule has 1 N–H and O–H groups in total. The first-order valence-corrected chi connectivity index (χ1v) is 13.3. The zero-order chi connectivity index (χ0) is 23.8. The second-order valence-electron chi connectivity index (χ2n) is 8.51. The van der Waals surface area contributed by atoms with Crippen LogP contribution in [0.5, 0.6) is 11.5 Å². The molecule has 1 saturated heterocycles. The van der Waals surface area contributed by atoms with Gasteiger partial charge in [-0.05, 0) is 67.6 Å². The molecule has 3 aromatic rings. The molecule has 178 valence electrons. The van der Waals surface area contributed by atoms with Crippen molar-refractivity contribution in [2.24, 2.45) is 5.92 Å². The van der Waals surface area contributed by atoms with Crippen molar-refractivity contribution in [1.82, 2.24) is 4.31 Å². The molecule has 3 aromatic carbocycles. The number of rotatable bonds is 9. The van der Waals surface area contributed by atoms with Gasteiger partial charge < -0.3 is 10.1 Å². The second-order valence-corrected chi connectivity index (χ2v) is 10.6. The van der Waals surface area contributed by atoms with Gasteiger partial charge in [-0.3, -0.25) is 4.79 Å². The maximum atomic E-state index is 12.7. The van der Waals surface area contributed by atoms with Gasteiger partial charge in [0, 0.05) is 24.7 Å². The SMILES string of the molecule is O=C(Nc1ccc(Oc2ccccc2)cc1)C1CCN(S(=O)(=O)CCCc2ccccc2)CC1. The van der Waals surface area contributed by atoms with E-state index in [1.165, 1.54) is 4.31 Å². The monoisotopic (exact) mass is 478 g/mol. The number of aryl methyl sites for hydroxylation is 1. The normalized spacial score (nSPS) is 15.1. The molecule has 0 spiro atoms. The summed E-state index contributed by atoms with van der Waals surface area (Å²) in [6.07, 6.45) is 2.39. The zero-order valence-corrected chi connectivity index (χ0v) is 19.9. The first-order valence-electron chi connectivity index (χ1n) is 11.7. The van der Waals surface area contributed by atoms with Crippen molar-refractivity contribution in [3.8, 4) is 11.5 Å². The number of sulfonamides is 1. The lowest BCUT2D eigenvalue weighted by molar-refractivity contribution is -0.120. The minimum absolute atomic E-state index is 0.0714. The van der Waals surface area contributed by atoms with E-state index in [2.05, 4.69) is 5.32 Å². The largest absolute Gasteiger partial charge is 0.457 e. The Morgan fingerprint density at radius 3 is 2.09 bits per heavy atom. The van der Waals surface area contributed by atoms with Gasteiger partial charge in [-0.2, -0.15) is 0 Å². The zero-order valence-electron chi connectivity index (χ0n) is 19.1. The van der Waals surface area contributed by atoms with E-state index < -0.39 is 10.0 Å². The van der Waals surface area contributed by atoms with Crippen LogP contribution in [-0.4, -0.2) is 37.5 Å². The molecular weight excluding hydrogens is 448 g/mol. The molecular formula is C27H30N2O4S. The fourth-order valence-corrected chi connectivity index (χ4v) is 5.64. The van der Waals surface area contributed by atoms with Gasteiger partial charge in [0.1, 0.15) is 11.5 Å². The summed E-state index contributed by atoms with van der Waals surface area (Å²) < 4.78 is 32.8. The van der Waals surface area contributed by atoms with Gasteiger partial charge in [-0.15, -0.1) is 0 Å². The van der Waals surface area contributed by atoms with Gasteiger partial charge in [0.05, 0.1) is 5.75 Å². The predicted octanol–water partition coefficient (Wildman–Crippen LogP) is 5.09. The predicted molar refractivity (Wildman–Crippen MR) is 134 cm³/mol. The fraction of sp³-hybridized carbons (Fsp3) is 0.296. The van der Waals surface area contributed by atoms with Crippen molar-refractivity contribution in [3.63, 3.8) is 0 Å². The molecule has 0 bridgehead atoms. The molecule has 0 radical (unpaired) electrons. The van der Waals surface area contributed by atoms with Crippen LogP contribution in [0, 0.1) is 5.92 Å². The van der Waals surface area contributed by atoms with Crippen molar-refractivity contribution < 1.29 is 17.9 Å². The number of para-hydroxylation sites is 1. The number of carbonyl (C=O) groups excluding carboxylic acids is 1. The third kappa shape index (κ3) is 6.68. The molecule has 7 heteroatoms. The first kappa shape index (κ1) is 24.0. The summed E-state index contributed by atoms with van der Waals surface area (Å²) in [4.78, 5) is 12.7. The van der Waals surface area contributed by atoms with E-state index in [1.54, 1.807) is 0 Å². The van der Waals surface area contributed by atoms with Crippen LogP contribution in [-0.2, 0) is 21.2 Å². The van der Waals surface area contributed by atoms with Crippen molar-refractivity contribution in [2.45, 2.75) is 25.7 Å². The summed E-state index contributed by atoms with van der Waals surface area (Å²) in [5.74, 6) is 1.31. The molecule has 0 aliphatic carbocycles. The number of anilines is 1. The highest BCUT2D eigenvalue weighted by Gasteiger charge is 2.30. The quantitative estimate of drug-likeness (QED) is 0.465. The molecule has 0 saturated carbocycles. The van der Waals surface area contributed by atoms with Crippen molar-refractivity contribution >= 4 is 21.6 Å². The Morgan fingerprint density at radius 1 is 0.853 bits per heavy atom. The summed E-state index contributed by atoms with van der Waals surface area (Å²) in [7, 11) is -3.30. The number of nitrogens with zero attached hydrogens (tertiary/aromatic N) is 1. The van der Waals surface area contributed by atoms with Crippen LogP contribution in [0.3, 0.4) is 0 Å². The van der Waals surface area contributed by atoms with Gasteiger partial charge in [-0.25, -0.2) is 12.7 Å². The highest BCUT2D eigenvalue weighted by molar-refractivity contribution is 7.89. The fourth-order valence-electron chi connectivity index (χ4n) is 4.10. The van der Waals surface area contributed by atoms with Crippen LogP contribution in [0.2, 0.25) is 0 Å². The van der Waals surface area contributed by atoms with Gasteiger partial charge in [0.25, 0.3) is 0 Å². The Balaban J connectivity index is 1.22. The van der Waals surface area contributed by atoms with Gasteiger partial charge >= 0.3 is 0 Å². The number of carbonyl (C=O) groups is 1. The standard InChI is InChI=1S/C27H30N2O4S/c30-27(28-24-13-15-26(16-14-24)33-25-11-5-2-6-12-25)23-17-19-29(20-18-23)34(31,32)21-7-10-22-8-3-1-4-9-22/h1-6,8-9,11-16,23H,7,10,17-21H2,(H,28,30). The lowest BCUT2D eigenvalue weighted by Crippen LogP contribution is -2.42. The molecule has 1 amide bonds. The van der Waals surface area contributed by atoms with E-state index in [0.29, 0.717) is 43.8 Å². The molecule has 0 unspecified atom stereocenters. The molecule has 1 aliphatic rings. The maximum absolute atomic E-state index is 12.7. The van der Waals surface area contributed by atoms with E-state index >= 15 is 0 Å². The van der Waals surface area contributed by atoms with Gasteiger partial charge in [-0.1, -0.05) is 48.5 Å². The number of amides is 1. The minimum atomic E-state index is -3.30. The summed E-state index contributed by atoms with van der Waals surface area (Å²) >= 11 is 0. The lowest BCUT2D eigenvalue weighted by Gasteiger charge is -2.30. The van der Waals surface area contributed by atoms with Crippen molar-refractivity contribution in [3.05, 3.63) is 90.5 Å². The highest BCUT2D eigenvalue weighted by atomic mass is 32.2. The minimum Gasteiger partial charge on any atom is -0.457 e. The summed E-state index contributed by atoms with van der Waals surface area (Å²) in [5.41, 5.74) is 1.84. The van der Waals surface area contributed by atoms with Crippen LogP contribution in [0.1, 0.15) is 24.8 Å². The molecule has 1 fully saturated rings. The van der Waals surface area contributed by atoms with Crippen molar-refractivity contribution in [1.29, 1.82) is 0 Å². The summed E-state index contributed by atoms with van der Waals surface area (Å²) in [5, 5.41) is 2.95. The number of piperidine rings is 1. The van der Waals surface area contributed by atoms with E-state index in [9.17, 15) is 13.2 Å². The summed E-state index contributed by atoms with van der Waals surface area (Å²) in [6.45, 7) is 0.769. The Hall–Kier alpha value is -3.16. The Bertz CT molecular complexity index is 1160. The lowest BCUT2D eigenvalue weighted by atomic mass is 9.97. The number of hydrogen-bond donors (Lipinski definition) is 1. The molecule has 0 aromatic heterocycles. The van der Waals surface area contributed by atoms with E-state index in [1.807, 2.05) is 84.9 Å². The average Bonchev–Trinajstić information content (AvgIpc) is 2.86. The number of benzene rings is 3. The Labute approximate surface area is 201 Å². The van der Waals surface area contributed by atoms with E-state index in [0.717, 1.165) is 17.7 Å². The number of ether oxygens (including phenoxy) is 1. The number of nitrogens with one attached hydrogen (secondary N) is 1. The topological polar surface area (TPSA) is 75.7 Å². The Morgan fingerprint density at radius 2 is 1.44 bits per heavy atom.